The summed E-state index contributed by atoms with van der Waals surface area (Å²) in [7, 11) is -3.45. The Bertz CT molecular complexity index is 823. The van der Waals surface area contributed by atoms with Gasteiger partial charge < -0.3 is 10.1 Å². The lowest BCUT2D eigenvalue weighted by Crippen LogP contribution is -2.25. The fourth-order valence-corrected chi connectivity index (χ4v) is 2.84. The zero-order valence-electron chi connectivity index (χ0n) is 13.4. The van der Waals surface area contributed by atoms with Crippen molar-refractivity contribution in [3.05, 3.63) is 59.1 Å². The van der Waals surface area contributed by atoms with Crippen LogP contribution in [-0.4, -0.2) is 26.6 Å². The monoisotopic (exact) mass is 382 g/mol. The third kappa shape index (κ3) is 6.74. The van der Waals surface area contributed by atoms with Gasteiger partial charge in [0.2, 0.25) is 10.0 Å². The smallest absolute Gasteiger partial charge is 0.251 e. The van der Waals surface area contributed by atoms with Gasteiger partial charge in [0.1, 0.15) is 11.5 Å². The van der Waals surface area contributed by atoms with Crippen molar-refractivity contribution in [3.63, 3.8) is 0 Å². The first-order chi connectivity index (χ1) is 11.8. The van der Waals surface area contributed by atoms with Gasteiger partial charge in [-0.1, -0.05) is 23.7 Å². The van der Waals surface area contributed by atoms with Crippen LogP contribution in [0.15, 0.2) is 48.5 Å². The number of amides is 1. The zero-order chi connectivity index (χ0) is 18.3. The molecule has 2 aromatic rings. The van der Waals surface area contributed by atoms with E-state index in [0.29, 0.717) is 41.5 Å². The molecule has 6 nitrogen and oxygen atoms in total. The highest BCUT2D eigenvalue weighted by atomic mass is 35.5. The van der Waals surface area contributed by atoms with Gasteiger partial charge in [-0.2, -0.15) is 0 Å². The minimum absolute atomic E-state index is 0.0864. The van der Waals surface area contributed by atoms with Crippen molar-refractivity contribution >= 4 is 27.5 Å². The number of rotatable bonds is 8. The Labute approximate surface area is 152 Å². The van der Waals surface area contributed by atoms with Crippen molar-refractivity contribution in [2.75, 3.05) is 12.3 Å². The predicted molar refractivity (Wildman–Crippen MR) is 97.5 cm³/mol. The van der Waals surface area contributed by atoms with Crippen LogP contribution in [0.3, 0.4) is 0 Å². The maximum Gasteiger partial charge on any atom is 0.251 e. The molecule has 0 saturated heterocycles. The summed E-state index contributed by atoms with van der Waals surface area (Å²) < 4.78 is 27.3. The zero-order valence-corrected chi connectivity index (χ0v) is 15.0. The third-order valence-corrected chi connectivity index (χ3v) is 4.49. The molecule has 3 N–H and O–H groups in total. The molecule has 0 unspecified atom stereocenters. The first kappa shape index (κ1) is 19.2. The van der Waals surface area contributed by atoms with Crippen LogP contribution in [-0.2, 0) is 10.0 Å². The minimum atomic E-state index is -3.45. The number of carbonyl (C=O) groups is 1. The number of benzene rings is 2. The molecule has 134 valence electrons. The standard InChI is InChI=1S/C17H19ClN2O4S/c18-15-5-1-2-6-16(15)24-14-9-7-13(8-10-14)17(21)20-11-3-4-12-25(19,22)23/h1-2,5-10H,3-4,11-12H2,(H,20,21)(H2,19,22,23). The maximum atomic E-state index is 12.0. The highest BCUT2D eigenvalue weighted by Crippen LogP contribution is 2.28. The average molecular weight is 383 g/mol. The molecule has 8 heteroatoms. The molecule has 0 aliphatic rings. The molecule has 0 atom stereocenters. The Hall–Kier alpha value is -2.09. The lowest BCUT2D eigenvalue weighted by atomic mass is 10.2. The predicted octanol–water partition coefficient (Wildman–Crippen LogP) is 2.93. The van der Waals surface area contributed by atoms with Crippen LogP contribution in [0, 0.1) is 0 Å². The van der Waals surface area contributed by atoms with Gasteiger partial charge in [0.15, 0.2) is 0 Å². The lowest BCUT2D eigenvalue weighted by molar-refractivity contribution is 0.0953. The number of sulfonamides is 1. The van der Waals surface area contributed by atoms with Gasteiger partial charge in [0.05, 0.1) is 10.8 Å². The molecule has 0 aromatic heterocycles. The van der Waals surface area contributed by atoms with Gasteiger partial charge in [0.25, 0.3) is 5.91 Å². The molecule has 0 aliphatic heterocycles. The minimum Gasteiger partial charge on any atom is -0.456 e. The van der Waals surface area contributed by atoms with Gasteiger partial charge in [-0.3, -0.25) is 4.79 Å². The van der Waals surface area contributed by atoms with Crippen LogP contribution in [0.2, 0.25) is 5.02 Å². The quantitative estimate of drug-likeness (QED) is 0.685. The highest BCUT2D eigenvalue weighted by molar-refractivity contribution is 7.89. The first-order valence-corrected chi connectivity index (χ1v) is 9.75. The van der Waals surface area contributed by atoms with Gasteiger partial charge in [0, 0.05) is 12.1 Å². The number of nitrogens with two attached hydrogens (primary N) is 1. The summed E-state index contributed by atoms with van der Waals surface area (Å²) in [5, 5.41) is 8.14. The third-order valence-electron chi connectivity index (χ3n) is 3.32. The fraction of sp³-hybridized carbons (Fsp3) is 0.235. The number of carbonyl (C=O) groups excluding carboxylic acids is 1. The van der Waals surface area contributed by atoms with Gasteiger partial charge in [-0.25, -0.2) is 13.6 Å². The number of ether oxygens (including phenoxy) is 1. The number of primary sulfonamides is 1. The summed E-state index contributed by atoms with van der Waals surface area (Å²) in [6.45, 7) is 0.381. The SMILES string of the molecule is NS(=O)(=O)CCCCNC(=O)c1ccc(Oc2ccccc2Cl)cc1. The van der Waals surface area contributed by atoms with Crippen LogP contribution in [0.4, 0.5) is 0 Å². The van der Waals surface area contributed by atoms with Crippen molar-refractivity contribution in [1.82, 2.24) is 5.32 Å². The molecule has 0 heterocycles. The Morgan fingerprint density at radius 1 is 1.08 bits per heavy atom. The molecule has 0 saturated carbocycles. The van der Waals surface area contributed by atoms with Crippen molar-refractivity contribution < 1.29 is 17.9 Å². The summed E-state index contributed by atoms with van der Waals surface area (Å²) in [6, 6.07) is 13.8. The molecular weight excluding hydrogens is 364 g/mol. The van der Waals surface area contributed by atoms with Gasteiger partial charge >= 0.3 is 0 Å². The van der Waals surface area contributed by atoms with Crippen LogP contribution in [0.5, 0.6) is 11.5 Å². The van der Waals surface area contributed by atoms with Crippen LogP contribution in [0.1, 0.15) is 23.2 Å². The Kier molecular flexibility index (Phi) is 6.81. The lowest BCUT2D eigenvalue weighted by Gasteiger charge is -2.08. The van der Waals surface area contributed by atoms with E-state index in [1.54, 1.807) is 36.4 Å². The second kappa shape index (κ2) is 8.84. The first-order valence-electron chi connectivity index (χ1n) is 7.66. The van der Waals surface area contributed by atoms with E-state index >= 15 is 0 Å². The molecule has 0 spiro atoms. The molecule has 0 aliphatic carbocycles. The van der Waals surface area contributed by atoms with Crippen molar-refractivity contribution in [2.45, 2.75) is 12.8 Å². The molecule has 0 fully saturated rings. The van der Waals surface area contributed by atoms with E-state index in [4.69, 9.17) is 21.5 Å². The molecule has 25 heavy (non-hydrogen) atoms. The Morgan fingerprint density at radius 2 is 1.76 bits per heavy atom. The number of unbranched alkanes of at least 4 members (excludes halogenated alkanes) is 1. The summed E-state index contributed by atoms with van der Waals surface area (Å²) in [4.78, 5) is 12.0. The van der Waals surface area contributed by atoms with Gasteiger partial charge in [-0.05, 0) is 49.2 Å². The number of nitrogens with one attached hydrogen (secondary N) is 1. The molecule has 2 rings (SSSR count). The van der Waals surface area contributed by atoms with Crippen LogP contribution < -0.4 is 15.2 Å². The van der Waals surface area contributed by atoms with E-state index in [-0.39, 0.29) is 11.7 Å². The topological polar surface area (TPSA) is 98.5 Å². The summed E-state index contributed by atoms with van der Waals surface area (Å²) >= 11 is 6.03. The molecule has 0 radical (unpaired) electrons. The largest absolute Gasteiger partial charge is 0.456 e. The van der Waals surface area contributed by atoms with E-state index in [1.807, 2.05) is 12.1 Å². The van der Waals surface area contributed by atoms with E-state index < -0.39 is 10.0 Å². The highest BCUT2D eigenvalue weighted by Gasteiger charge is 2.07. The second-order valence-electron chi connectivity index (χ2n) is 5.39. The number of halogens is 1. The van der Waals surface area contributed by atoms with Crippen molar-refractivity contribution in [2.24, 2.45) is 5.14 Å². The summed E-state index contributed by atoms with van der Waals surface area (Å²) in [5.41, 5.74) is 0.484. The van der Waals surface area contributed by atoms with Crippen LogP contribution >= 0.6 is 11.6 Å². The van der Waals surface area contributed by atoms with Crippen molar-refractivity contribution in [1.29, 1.82) is 0 Å². The average Bonchev–Trinajstić information content (AvgIpc) is 2.56. The fourth-order valence-electron chi connectivity index (χ4n) is 2.06. The molecule has 0 bridgehead atoms. The molecule has 2 aromatic carbocycles. The molecule has 1 amide bonds. The second-order valence-corrected chi connectivity index (χ2v) is 7.53. The van der Waals surface area contributed by atoms with E-state index in [1.165, 1.54) is 0 Å². The van der Waals surface area contributed by atoms with Crippen LogP contribution in [0.25, 0.3) is 0 Å². The summed E-state index contributed by atoms with van der Waals surface area (Å²) in [6.07, 6.45) is 0.944. The van der Waals surface area contributed by atoms with E-state index in [0.717, 1.165) is 0 Å². The Balaban J connectivity index is 1.83. The number of para-hydroxylation sites is 1. The molecular formula is C17H19ClN2O4S. The van der Waals surface area contributed by atoms with Crippen molar-refractivity contribution in [3.8, 4) is 11.5 Å². The maximum absolute atomic E-state index is 12.0. The summed E-state index contributed by atoms with van der Waals surface area (Å²) in [5.74, 6) is 0.783. The number of hydrogen-bond donors (Lipinski definition) is 2. The van der Waals surface area contributed by atoms with E-state index in [9.17, 15) is 13.2 Å². The normalized spacial score (nSPS) is 11.1. The van der Waals surface area contributed by atoms with E-state index in [2.05, 4.69) is 5.32 Å². The Morgan fingerprint density at radius 3 is 2.40 bits per heavy atom. The number of hydrogen-bond acceptors (Lipinski definition) is 4. The van der Waals surface area contributed by atoms with Gasteiger partial charge in [-0.15, -0.1) is 0 Å².